The molecule has 0 aliphatic carbocycles. The number of hydrogen-bond donors (Lipinski definition) is 0. The van der Waals surface area contributed by atoms with Gasteiger partial charge in [0.05, 0.1) is 25.6 Å². The maximum atomic E-state index is 6.03. The molecular formula is C22H21ClN2O. The molecule has 1 unspecified atom stereocenters. The number of halogens is 1. The Morgan fingerprint density at radius 2 is 1.77 bits per heavy atom. The Morgan fingerprint density at radius 1 is 1.00 bits per heavy atom. The van der Waals surface area contributed by atoms with Gasteiger partial charge in [0, 0.05) is 17.4 Å². The molecule has 0 aliphatic heterocycles. The lowest BCUT2D eigenvalue weighted by Gasteiger charge is -2.14. The van der Waals surface area contributed by atoms with E-state index in [-0.39, 0.29) is 6.10 Å². The van der Waals surface area contributed by atoms with E-state index in [1.165, 1.54) is 0 Å². The molecule has 1 heterocycles. The molecule has 26 heavy (non-hydrogen) atoms. The Morgan fingerprint density at radius 3 is 2.50 bits per heavy atom. The van der Waals surface area contributed by atoms with Crippen LogP contribution in [0.4, 0.5) is 0 Å². The minimum Gasteiger partial charge on any atom is -0.368 e. The summed E-state index contributed by atoms with van der Waals surface area (Å²) in [5.74, 6) is 0. The summed E-state index contributed by atoms with van der Waals surface area (Å²) in [7, 11) is 0. The third kappa shape index (κ3) is 6.03. The van der Waals surface area contributed by atoms with Gasteiger partial charge in [-0.2, -0.15) is 0 Å². The van der Waals surface area contributed by atoms with Gasteiger partial charge in [-0.25, -0.2) is 4.98 Å². The van der Waals surface area contributed by atoms with Crippen molar-refractivity contribution in [3.63, 3.8) is 0 Å². The maximum absolute atomic E-state index is 6.03. The number of hydrogen-bond acceptors (Lipinski definition) is 2. The van der Waals surface area contributed by atoms with Gasteiger partial charge >= 0.3 is 0 Å². The second kappa shape index (κ2) is 9.76. The fourth-order valence-electron chi connectivity index (χ4n) is 2.49. The zero-order chi connectivity index (χ0) is 18.0. The highest BCUT2D eigenvalue weighted by atomic mass is 35.5. The van der Waals surface area contributed by atoms with E-state index in [0.29, 0.717) is 6.61 Å². The Bertz CT molecular complexity index is 824. The van der Waals surface area contributed by atoms with Crippen LogP contribution in [0.1, 0.15) is 11.1 Å². The van der Waals surface area contributed by atoms with Crippen molar-refractivity contribution in [2.24, 2.45) is 0 Å². The van der Waals surface area contributed by atoms with E-state index >= 15 is 0 Å². The predicted molar refractivity (Wildman–Crippen MR) is 108 cm³/mol. The summed E-state index contributed by atoms with van der Waals surface area (Å²) < 4.78 is 8.05. The van der Waals surface area contributed by atoms with E-state index in [9.17, 15) is 0 Å². The van der Waals surface area contributed by atoms with E-state index in [1.807, 2.05) is 65.4 Å². The first-order chi connectivity index (χ1) is 12.8. The van der Waals surface area contributed by atoms with Crippen LogP contribution in [0.15, 0.2) is 85.5 Å². The molecule has 0 fully saturated rings. The highest BCUT2D eigenvalue weighted by Gasteiger charge is 2.05. The van der Waals surface area contributed by atoms with Crippen LogP contribution in [0.3, 0.4) is 0 Å². The lowest BCUT2D eigenvalue weighted by atomic mass is 10.2. The second-order valence-corrected chi connectivity index (χ2v) is 6.29. The minimum atomic E-state index is -0.0423. The van der Waals surface area contributed by atoms with Gasteiger partial charge in [0.1, 0.15) is 0 Å². The van der Waals surface area contributed by atoms with Crippen LogP contribution in [0.25, 0.3) is 12.2 Å². The molecule has 0 saturated carbocycles. The molecule has 0 radical (unpaired) electrons. The van der Waals surface area contributed by atoms with E-state index in [2.05, 4.69) is 29.3 Å². The van der Waals surface area contributed by atoms with Crippen molar-refractivity contribution in [1.29, 1.82) is 0 Å². The van der Waals surface area contributed by atoms with Crippen molar-refractivity contribution in [2.45, 2.75) is 12.6 Å². The first-order valence-corrected chi connectivity index (χ1v) is 8.90. The summed E-state index contributed by atoms with van der Waals surface area (Å²) in [5.41, 5.74) is 2.26. The van der Waals surface area contributed by atoms with Gasteiger partial charge in [-0.3, -0.25) is 0 Å². The lowest BCUT2D eigenvalue weighted by Crippen LogP contribution is -2.17. The van der Waals surface area contributed by atoms with Crippen molar-refractivity contribution < 1.29 is 4.74 Å². The molecule has 0 saturated heterocycles. The van der Waals surface area contributed by atoms with Crippen LogP contribution in [-0.2, 0) is 11.3 Å². The zero-order valence-electron chi connectivity index (χ0n) is 14.4. The quantitative estimate of drug-likeness (QED) is 0.538. The molecule has 3 rings (SSSR count). The Kier molecular flexibility index (Phi) is 6.82. The molecule has 0 N–H and O–H groups in total. The van der Waals surface area contributed by atoms with Crippen LogP contribution in [0, 0.1) is 0 Å². The number of imidazole rings is 1. The Hall–Kier alpha value is -2.62. The fourth-order valence-corrected chi connectivity index (χ4v) is 2.62. The van der Waals surface area contributed by atoms with Crippen LogP contribution >= 0.6 is 11.6 Å². The standard InChI is InChI=1S/C22H21ClN2O/c23-21-11-8-20(9-12-21)7-4-16-26-22(17-25-15-14-24-18-25)13-10-19-5-2-1-3-6-19/h1-15,18,22H,16-17H2. The summed E-state index contributed by atoms with van der Waals surface area (Å²) in [6.07, 6.45) is 13.7. The maximum Gasteiger partial charge on any atom is 0.0946 e. The van der Waals surface area contributed by atoms with Gasteiger partial charge in [-0.15, -0.1) is 0 Å². The number of nitrogens with zero attached hydrogens (tertiary/aromatic N) is 2. The number of aromatic nitrogens is 2. The molecule has 3 nitrogen and oxygen atoms in total. The van der Waals surface area contributed by atoms with Crippen molar-refractivity contribution in [3.8, 4) is 0 Å². The second-order valence-electron chi connectivity index (χ2n) is 5.85. The first kappa shape index (κ1) is 18.2. The highest BCUT2D eigenvalue weighted by Crippen LogP contribution is 2.11. The minimum absolute atomic E-state index is 0.0423. The number of rotatable bonds is 8. The highest BCUT2D eigenvalue weighted by molar-refractivity contribution is 6.30. The van der Waals surface area contributed by atoms with E-state index < -0.39 is 0 Å². The van der Waals surface area contributed by atoms with Crippen LogP contribution in [0.5, 0.6) is 0 Å². The van der Waals surface area contributed by atoms with Gasteiger partial charge in [-0.05, 0) is 23.3 Å². The molecular weight excluding hydrogens is 344 g/mol. The molecule has 132 valence electrons. The molecule has 1 atom stereocenters. The van der Waals surface area contributed by atoms with Crippen molar-refractivity contribution in [3.05, 3.63) is 102 Å². The summed E-state index contributed by atoms with van der Waals surface area (Å²) in [6, 6.07) is 17.9. The third-order valence-corrected chi connectivity index (χ3v) is 4.09. The average Bonchev–Trinajstić information content (AvgIpc) is 3.18. The summed E-state index contributed by atoms with van der Waals surface area (Å²) >= 11 is 5.90. The van der Waals surface area contributed by atoms with E-state index in [4.69, 9.17) is 16.3 Å². The molecule has 1 aromatic heterocycles. The molecule has 4 heteroatoms. The van der Waals surface area contributed by atoms with Gasteiger partial charge in [0.2, 0.25) is 0 Å². The van der Waals surface area contributed by atoms with Gasteiger partial charge in [-0.1, -0.05) is 78.4 Å². The smallest absolute Gasteiger partial charge is 0.0946 e. The Labute approximate surface area is 159 Å². The largest absolute Gasteiger partial charge is 0.368 e. The fraction of sp³-hybridized carbons (Fsp3) is 0.136. The number of benzene rings is 2. The Balaban J connectivity index is 1.59. The molecule has 0 spiro atoms. The third-order valence-electron chi connectivity index (χ3n) is 3.84. The number of ether oxygens (including phenoxy) is 1. The van der Waals surface area contributed by atoms with Crippen LogP contribution in [0.2, 0.25) is 5.02 Å². The molecule has 3 aromatic rings. The topological polar surface area (TPSA) is 27.1 Å². The summed E-state index contributed by atoms with van der Waals surface area (Å²) in [6.45, 7) is 1.25. The molecule has 0 aliphatic rings. The van der Waals surface area contributed by atoms with Gasteiger partial charge in [0.15, 0.2) is 0 Å². The summed E-state index contributed by atoms with van der Waals surface area (Å²) in [5, 5.41) is 0.741. The van der Waals surface area contributed by atoms with Crippen LogP contribution in [-0.4, -0.2) is 22.3 Å². The van der Waals surface area contributed by atoms with Crippen LogP contribution < -0.4 is 0 Å². The average molecular weight is 365 g/mol. The van der Waals surface area contributed by atoms with Crippen molar-refractivity contribution >= 4 is 23.8 Å². The molecule has 0 bridgehead atoms. The van der Waals surface area contributed by atoms with Gasteiger partial charge in [0.25, 0.3) is 0 Å². The molecule has 2 aromatic carbocycles. The zero-order valence-corrected chi connectivity index (χ0v) is 15.2. The summed E-state index contributed by atoms with van der Waals surface area (Å²) in [4.78, 5) is 4.10. The van der Waals surface area contributed by atoms with E-state index in [1.54, 1.807) is 12.5 Å². The van der Waals surface area contributed by atoms with E-state index in [0.717, 1.165) is 22.7 Å². The SMILES string of the molecule is Clc1ccc(C=CCOC(C=Cc2ccccc2)Cn2ccnc2)cc1. The van der Waals surface area contributed by atoms with Crippen molar-refractivity contribution in [1.82, 2.24) is 9.55 Å². The first-order valence-electron chi connectivity index (χ1n) is 8.52. The lowest BCUT2D eigenvalue weighted by molar-refractivity contribution is 0.0968. The van der Waals surface area contributed by atoms with Crippen molar-refractivity contribution in [2.75, 3.05) is 6.61 Å². The monoisotopic (exact) mass is 364 g/mol. The molecule has 0 amide bonds. The predicted octanol–water partition coefficient (Wildman–Crippen LogP) is 5.35. The normalized spacial score (nSPS) is 12.8. The van der Waals surface area contributed by atoms with Gasteiger partial charge < -0.3 is 9.30 Å².